The van der Waals surface area contributed by atoms with Crippen molar-refractivity contribution in [1.29, 1.82) is 0 Å². The van der Waals surface area contributed by atoms with Crippen LogP contribution in [0.3, 0.4) is 0 Å². The summed E-state index contributed by atoms with van der Waals surface area (Å²) in [4.78, 5) is 22.8. The average molecular weight is 412 g/mol. The Bertz CT molecular complexity index is 704. The Morgan fingerprint density at radius 1 is 1.32 bits per heavy atom. The number of halogens is 2. The van der Waals surface area contributed by atoms with Gasteiger partial charge in [-0.15, -0.1) is 0 Å². The number of hydrogen-bond acceptors (Lipinski definition) is 4. The molecule has 1 fully saturated rings. The van der Waals surface area contributed by atoms with E-state index in [0.29, 0.717) is 20.6 Å². The molecule has 5 nitrogen and oxygen atoms in total. The number of carbonyl (C=O) groups excluding carboxylic acids is 1. The van der Waals surface area contributed by atoms with Crippen molar-refractivity contribution in [2.45, 2.75) is 12.8 Å². The van der Waals surface area contributed by atoms with Gasteiger partial charge in [-0.25, -0.2) is 14.4 Å². The Morgan fingerprint density at radius 2 is 2.09 bits per heavy atom. The third-order valence-corrected chi connectivity index (χ3v) is 4.46. The van der Waals surface area contributed by atoms with E-state index in [0.717, 1.165) is 25.9 Å². The van der Waals surface area contributed by atoms with Gasteiger partial charge in [-0.2, -0.15) is 0 Å². The smallest absolute Gasteiger partial charge is 0.256 e. The highest BCUT2D eigenvalue weighted by molar-refractivity contribution is 14.1. The molecule has 0 atom stereocenters. The second kappa shape index (κ2) is 6.55. The Kier molecular flexibility index (Phi) is 4.51. The number of amides is 1. The number of benzene rings is 1. The van der Waals surface area contributed by atoms with Crippen molar-refractivity contribution in [3.8, 4) is 0 Å². The maximum atomic E-state index is 13.4. The van der Waals surface area contributed by atoms with Crippen molar-refractivity contribution >= 4 is 40.0 Å². The van der Waals surface area contributed by atoms with Crippen molar-refractivity contribution < 1.29 is 9.18 Å². The summed E-state index contributed by atoms with van der Waals surface area (Å²) >= 11 is 2.01. The minimum atomic E-state index is -0.436. The lowest BCUT2D eigenvalue weighted by atomic mass is 10.2. The highest BCUT2D eigenvalue weighted by atomic mass is 127. The van der Waals surface area contributed by atoms with Crippen LogP contribution in [0.1, 0.15) is 23.2 Å². The standard InChI is InChI=1S/C15H14FIN4O/c16-10-3-4-12(17)11(7-10)15(22)20-13-8-18-9-19-14(13)21-5-1-2-6-21/h3-4,7-9H,1-2,5-6H2,(H,20,22). The largest absolute Gasteiger partial charge is 0.355 e. The SMILES string of the molecule is O=C(Nc1cncnc1N1CCCC1)c1cc(F)ccc1I. The lowest BCUT2D eigenvalue weighted by molar-refractivity contribution is 0.102. The molecule has 1 N–H and O–H groups in total. The second-order valence-electron chi connectivity index (χ2n) is 5.03. The predicted molar refractivity (Wildman–Crippen MR) is 90.5 cm³/mol. The van der Waals surface area contributed by atoms with Crippen LogP contribution in [-0.4, -0.2) is 29.0 Å². The number of anilines is 2. The molecule has 2 aromatic rings. The van der Waals surface area contributed by atoms with Gasteiger partial charge in [-0.05, 0) is 53.6 Å². The number of carbonyl (C=O) groups is 1. The Labute approximate surface area is 141 Å². The van der Waals surface area contributed by atoms with E-state index in [2.05, 4.69) is 20.2 Å². The van der Waals surface area contributed by atoms with Crippen LogP contribution >= 0.6 is 22.6 Å². The average Bonchev–Trinajstić information content (AvgIpc) is 3.04. The lowest BCUT2D eigenvalue weighted by Gasteiger charge is -2.19. The first kappa shape index (κ1) is 15.1. The number of nitrogens with zero attached hydrogens (tertiary/aromatic N) is 3. The van der Waals surface area contributed by atoms with Gasteiger partial charge in [0.2, 0.25) is 0 Å². The topological polar surface area (TPSA) is 58.1 Å². The summed E-state index contributed by atoms with van der Waals surface area (Å²) in [5, 5.41) is 2.79. The van der Waals surface area contributed by atoms with Crippen LogP contribution in [0.4, 0.5) is 15.9 Å². The molecule has 0 bridgehead atoms. The minimum absolute atomic E-state index is 0.303. The molecule has 22 heavy (non-hydrogen) atoms. The molecule has 1 amide bonds. The summed E-state index contributed by atoms with van der Waals surface area (Å²) in [6.45, 7) is 1.83. The van der Waals surface area contributed by atoms with Gasteiger partial charge in [-0.3, -0.25) is 4.79 Å². The Morgan fingerprint density at radius 3 is 2.86 bits per heavy atom. The zero-order chi connectivity index (χ0) is 15.5. The highest BCUT2D eigenvalue weighted by Crippen LogP contribution is 2.26. The van der Waals surface area contributed by atoms with Crippen LogP contribution in [0.25, 0.3) is 0 Å². The third-order valence-electron chi connectivity index (χ3n) is 3.52. The molecular formula is C15H14FIN4O. The summed E-state index contributed by atoms with van der Waals surface area (Å²) in [5.41, 5.74) is 0.853. The molecule has 7 heteroatoms. The highest BCUT2D eigenvalue weighted by Gasteiger charge is 2.19. The zero-order valence-electron chi connectivity index (χ0n) is 11.7. The van der Waals surface area contributed by atoms with E-state index < -0.39 is 5.82 Å². The van der Waals surface area contributed by atoms with E-state index in [-0.39, 0.29) is 5.91 Å². The molecule has 1 aliphatic rings. The molecule has 0 saturated carbocycles. The molecule has 114 valence electrons. The summed E-state index contributed by atoms with van der Waals surface area (Å²) in [5.74, 6) is -0.0824. The summed E-state index contributed by atoms with van der Waals surface area (Å²) in [6, 6.07) is 4.14. The normalized spacial score (nSPS) is 14.2. The number of nitrogens with one attached hydrogen (secondary N) is 1. The maximum absolute atomic E-state index is 13.4. The van der Waals surface area contributed by atoms with Crippen molar-refractivity contribution in [3.63, 3.8) is 0 Å². The summed E-state index contributed by atoms with van der Waals surface area (Å²) in [7, 11) is 0. The fraction of sp³-hybridized carbons (Fsp3) is 0.267. The summed E-state index contributed by atoms with van der Waals surface area (Å²) in [6.07, 6.45) is 5.26. The van der Waals surface area contributed by atoms with Crippen molar-refractivity contribution in [3.05, 3.63) is 45.7 Å². The Balaban J connectivity index is 1.86. The molecule has 1 aromatic carbocycles. The number of rotatable bonds is 3. The van der Waals surface area contributed by atoms with Crippen LogP contribution in [0.15, 0.2) is 30.7 Å². The van der Waals surface area contributed by atoms with Crippen LogP contribution in [0.5, 0.6) is 0 Å². The van der Waals surface area contributed by atoms with E-state index in [9.17, 15) is 9.18 Å². The van der Waals surface area contributed by atoms with E-state index in [1.807, 2.05) is 22.6 Å². The van der Waals surface area contributed by atoms with Gasteiger partial charge in [0.15, 0.2) is 5.82 Å². The molecule has 1 aromatic heterocycles. The van der Waals surface area contributed by atoms with Gasteiger partial charge < -0.3 is 10.2 Å². The van der Waals surface area contributed by atoms with Gasteiger partial charge >= 0.3 is 0 Å². The van der Waals surface area contributed by atoms with Crippen molar-refractivity contribution in [2.24, 2.45) is 0 Å². The molecular weight excluding hydrogens is 398 g/mol. The second-order valence-corrected chi connectivity index (χ2v) is 6.19. The fourth-order valence-corrected chi connectivity index (χ4v) is 3.03. The van der Waals surface area contributed by atoms with E-state index in [1.165, 1.54) is 18.5 Å². The van der Waals surface area contributed by atoms with Gasteiger partial charge in [0.05, 0.1) is 11.8 Å². The first-order valence-corrected chi connectivity index (χ1v) is 8.04. The van der Waals surface area contributed by atoms with Gasteiger partial charge in [0.1, 0.15) is 17.8 Å². The third kappa shape index (κ3) is 3.18. The number of hydrogen-bond donors (Lipinski definition) is 1. The predicted octanol–water partition coefficient (Wildman–Crippen LogP) is 3.07. The molecule has 0 aliphatic carbocycles. The maximum Gasteiger partial charge on any atom is 0.256 e. The van der Waals surface area contributed by atoms with Crippen LogP contribution < -0.4 is 10.2 Å². The molecule has 3 rings (SSSR count). The molecule has 0 radical (unpaired) electrons. The van der Waals surface area contributed by atoms with Crippen LogP contribution in [0, 0.1) is 9.39 Å². The quantitative estimate of drug-likeness (QED) is 0.788. The molecule has 0 unspecified atom stereocenters. The number of aromatic nitrogens is 2. The van der Waals surface area contributed by atoms with Gasteiger partial charge in [-0.1, -0.05) is 0 Å². The fourth-order valence-electron chi connectivity index (χ4n) is 2.45. The Hall–Kier alpha value is -1.77. The van der Waals surface area contributed by atoms with Crippen LogP contribution in [-0.2, 0) is 0 Å². The van der Waals surface area contributed by atoms with Gasteiger partial charge in [0.25, 0.3) is 5.91 Å². The van der Waals surface area contributed by atoms with E-state index >= 15 is 0 Å². The molecule has 1 saturated heterocycles. The monoisotopic (exact) mass is 412 g/mol. The first-order chi connectivity index (χ1) is 10.6. The zero-order valence-corrected chi connectivity index (χ0v) is 13.9. The molecule has 1 aliphatic heterocycles. The van der Waals surface area contributed by atoms with Gasteiger partial charge in [0, 0.05) is 16.7 Å². The first-order valence-electron chi connectivity index (χ1n) is 6.96. The van der Waals surface area contributed by atoms with Crippen molar-refractivity contribution in [2.75, 3.05) is 23.3 Å². The minimum Gasteiger partial charge on any atom is -0.355 e. The molecule has 0 spiro atoms. The van der Waals surface area contributed by atoms with Crippen LogP contribution in [0.2, 0.25) is 0 Å². The molecule has 2 heterocycles. The summed E-state index contributed by atoms with van der Waals surface area (Å²) < 4.78 is 14.0. The van der Waals surface area contributed by atoms with Crippen molar-refractivity contribution in [1.82, 2.24) is 9.97 Å². The van der Waals surface area contributed by atoms with E-state index in [4.69, 9.17) is 0 Å². The van der Waals surface area contributed by atoms with E-state index in [1.54, 1.807) is 12.3 Å². The lowest BCUT2D eigenvalue weighted by Crippen LogP contribution is -2.23.